The molecule has 0 spiro atoms. The number of carbonyl (C=O) groups excluding carboxylic acids is 1. The van der Waals surface area contributed by atoms with Crippen LogP contribution in [0, 0.1) is 11.7 Å². The molecule has 1 N–H and O–H groups in total. The number of benzene rings is 1. The molecule has 0 saturated carbocycles. The van der Waals surface area contributed by atoms with E-state index < -0.39 is 0 Å². The van der Waals surface area contributed by atoms with Crippen LogP contribution in [0.3, 0.4) is 0 Å². The first-order chi connectivity index (χ1) is 10.4. The number of hydrogen-bond acceptors (Lipinski definition) is 2. The highest BCUT2D eigenvalue weighted by Gasteiger charge is 2.22. The van der Waals surface area contributed by atoms with Crippen molar-refractivity contribution in [2.75, 3.05) is 11.1 Å². The zero-order valence-electron chi connectivity index (χ0n) is 13.1. The lowest BCUT2D eigenvalue weighted by molar-refractivity contribution is -0.112. The van der Waals surface area contributed by atoms with E-state index in [9.17, 15) is 9.18 Å². The van der Waals surface area contributed by atoms with Gasteiger partial charge in [0.25, 0.3) is 5.91 Å². The van der Waals surface area contributed by atoms with Gasteiger partial charge in [0.05, 0.1) is 2.91 Å². The number of hydrogen-bond donors (Lipinski definition) is 1. The number of carbonyl (C=O) groups is 1. The SMILES string of the molecule is CC(C)CC(C)c1cc(F)ccc1NC(=O)C1=C(I)SCC1. The summed E-state index contributed by atoms with van der Waals surface area (Å²) >= 11 is 3.93. The summed E-state index contributed by atoms with van der Waals surface area (Å²) in [6.45, 7) is 6.38. The van der Waals surface area contributed by atoms with Crippen LogP contribution in [0.2, 0.25) is 0 Å². The Bertz CT molecular complexity index is 600. The standard InChI is InChI=1S/C17H21FINOS/c1-10(2)8-11(3)14-9-12(18)4-5-15(14)20-17(21)13-6-7-22-16(13)19/h4-5,9-11H,6-8H2,1-3H3,(H,20,21). The van der Waals surface area contributed by atoms with Crippen molar-refractivity contribution in [2.45, 2.75) is 39.5 Å². The Morgan fingerprint density at radius 2 is 2.14 bits per heavy atom. The van der Waals surface area contributed by atoms with Crippen molar-refractivity contribution >= 4 is 45.9 Å². The molecule has 1 atom stereocenters. The zero-order valence-corrected chi connectivity index (χ0v) is 16.1. The molecule has 0 bridgehead atoms. The van der Waals surface area contributed by atoms with Crippen molar-refractivity contribution < 1.29 is 9.18 Å². The molecule has 0 aliphatic carbocycles. The van der Waals surface area contributed by atoms with Gasteiger partial charge in [-0.05, 0) is 71.0 Å². The van der Waals surface area contributed by atoms with Crippen LogP contribution in [0.15, 0.2) is 26.7 Å². The molecule has 2 nitrogen and oxygen atoms in total. The number of rotatable bonds is 5. The minimum absolute atomic E-state index is 0.0565. The molecular weight excluding hydrogens is 412 g/mol. The molecule has 1 heterocycles. The Kier molecular flexibility index (Phi) is 6.32. The molecule has 1 unspecified atom stereocenters. The maximum absolute atomic E-state index is 13.6. The molecule has 22 heavy (non-hydrogen) atoms. The number of anilines is 1. The molecule has 2 rings (SSSR count). The molecule has 0 radical (unpaired) electrons. The molecule has 1 aliphatic rings. The van der Waals surface area contributed by atoms with Gasteiger partial charge in [0.1, 0.15) is 5.82 Å². The van der Waals surface area contributed by atoms with Gasteiger partial charge in [-0.1, -0.05) is 20.8 Å². The van der Waals surface area contributed by atoms with Crippen LogP contribution < -0.4 is 5.32 Å². The molecule has 1 aromatic carbocycles. The average Bonchev–Trinajstić information content (AvgIpc) is 2.86. The first-order valence-electron chi connectivity index (χ1n) is 7.50. The maximum Gasteiger partial charge on any atom is 0.253 e. The second-order valence-electron chi connectivity index (χ2n) is 6.07. The first kappa shape index (κ1) is 17.8. The number of nitrogens with one attached hydrogen (secondary N) is 1. The number of thioether (sulfide) groups is 1. The zero-order chi connectivity index (χ0) is 16.3. The van der Waals surface area contributed by atoms with Gasteiger partial charge in [-0.25, -0.2) is 4.39 Å². The van der Waals surface area contributed by atoms with Crippen LogP contribution in [-0.2, 0) is 4.79 Å². The summed E-state index contributed by atoms with van der Waals surface area (Å²) in [7, 11) is 0. The van der Waals surface area contributed by atoms with E-state index in [1.165, 1.54) is 6.07 Å². The monoisotopic (exact) mass is 433 g/mol. The third kappa shape index (κ3) is 4.47. The third-order valence-electron chi connectivity index (χ3n) is 3.71. The smallest absolute Gasteiger partial charge is 0.253 e. The predicted octanol–water partition coefficient (Wildman–Crippen LogP) is 5.70. The normalized spacial score (nSPS) is 16.3. The molecule has 1 aromatic rings. The predicted molar refractivity (Wildman–Crippen MR) is 101 cm³/mol. The summed E-state index contributed by atoms with van der Waals surface area (Å²) in [5, 5.41) is 2.98. The molecular formula is C17H21FINOS. The summed E-state index contributed by atoms with van der Waals surface area (Å²) in [6, 6.07) is 4.63. The Balaban J connectivity index is 2.23. The summed E-state index contributed by atoms with van der Waals surface area (Å²) in [4.78, 5) is 12.4. The van der Waals surface area contributed by atoms with Gasteiger partial charge >= 0.3 is 0 Å². The molecule has 0 fully saturated rings. The van der Waals surface area contributed by atoms with Gasteiger partial charge < -0.3 is 5.32 Å². The summed E-state index contributed by atoms with van der Waals surface area (Å²) in [5.41, 5.74) is 2.45. The van der Waals surface area contributed by atoms with Crippen LogP contribution in [0.25, 0.3) is 0 Å². The van der Waals surface area contributed by atoms with E-state index in [0.29, 0.717) is 5.92 Å². The van der Waals surface area contributed by atoms with E-state index in [1.54, 1.807) is 23.9 Å². The first-order valence-corrected chi connectivity index (χ1v) is 9.57. The Morgan fingerprint density at radius 3 is 2.73 bits per heavy atom. The van der Waals surface area contributed by atoms with Crippen LogP contribution in [0.5, 0.6) is 0 Å². The highest BCUT2D eigenvalue weighted by Crippen LogP contribution is 2.37. The van der Waals surface area contributed by atoms with Crippen LogP contribution in [-0.4, -0.2) is 11.7 Å². The topological polar surface area (TPSA) is 29.1 Å². The molecule has 1 aliphatic heterocycles. The fourth-order valence-electron chi connectivity index (χ4n) is 2.72. The fourth-order valence-corrected chi connectivity index (χ4v) is 4.75. The lowest BCUT2D eigenvalue weighted by Crippen LogP contribution is -2.16. The molecule has 5 heteroatoms. The van der Waals surface area contributed by atoms with Gasteiger partial charge in [0.2, 0.25) is 0 Å². The lowest BCUT2D eigenvalue weighted by Gasteiger charge is -2.19. The molecule has 120 valence electrons. The minimum Gasteiger partial charge on any atom is -0.322 e. The van der Waals surface area contributed by atoms with E-state index in [4.69, 9.17) is 0 Å². The molecule has 1 amide bonds. The van der Waals surface area contributed by atoms with Gasteiger partial charge in [0.15, 0.2) is 0 Å². The number of halogens is 2. The third-order valence-corrected chi connectivity index (χ3v) is 6.20. The highest BCUT2D eigenvalue weighted by molar-refractivity contribution is 14.1. The number of amides is 1. The minimum atomic E-state index is -0.256. The van der Waals surface area contributed by atoms with Crippen molar-refractivity contribution in [3.8, 4) is 0 Å². The summed E-state index contributed by atoms with van der Waals surface area (Å²) in [5.74, 6) is 1.38. The van der Waals surface area contributed by atoms with E-state index in [-0.39, 0.29) is 17.6 Å². The van der Waals surface area contributed by atoms with E-state index in [1.807, 2.05) is 0 Å². The van der Waals surface area contributed by atoms with E-state index in [2.05, 4.69) is 48.7 Å². The van der Waals surface area contributed by atoms with Crippen molar-refractivity contribution in [3.63, 3.8) is 0 Å². The highest BCUT2D eigenvalue weighted by atomic mass is 127. The van der Waals surface area contributed by atoms with Gasteiger partial charge in [-0.2, -0.15) is 0 Å². The van der Waals surface area contributed by atoms with Crippen molar-refractivity contribution in [1.82, 2.24) is 0 Å². The van der Waals surface area contributed by atoms with E-state index in [0.717, 1.165) is 38.3 Å². The van der Waals surface area contributed by atoms with Crippen molar-refractivity contribution in [2.24, 2.45) is 5.92 Å². The Morgan fingerprint density at radius 1 is 1.41 bits per heavy atom. The average molecular weight is 433 g/mol. The fraction of sp³-hybridized carbons (Fsp3) is 0.471. The van der Waals surface area contributed by atoms with Crippen molar-refractivity contribution in [1.29, 1.82) is 0 Å². The summed E-state index contributed by atoms with van der Waals surface area (Å²) < 4.78 is 14.7. The second kappa shape index (κ2) is 7.81. The summed E-state index contributed by atoms with van der Waals surface area (Å²) in [6.07, 6.45) is 1.76. The van der Waals surface area contributed by atoms with Gasteiger partial charge in [-0.3, -0.25) is 4.79 Å². The van der Waals surface area contributed by atoms with Crippen LogP contribution in [0.1, 0.15) is 45.1 Å². The quantitative estimate of drug-likeness (QED) is 0.604. The second-order valence-corrected chi connectivity index (χ2v) is 8.98. The van der Waals surface area contributed by atoms with E-state index >= 15 is 0 Å². The molecule has 0 saturated heterocycles. The maximum atomic E-state index is 13.6. The molecule has 0 aromatic heterocycles. The largest absolute Gasteiger partial charge is 0.322 e. The lowest BCUT2D eigenvalue weighted by atomic mass is 9.90. The Hall–Kier alpha value is -0.560. The van der Waals surface area contributed by atoms with Gasteiger partial charge in [0, 0.05) is 17.0 Å². The van der Waals surface area contributed by atoms with Crippen molar-refractivity contribution in [3.05, 3.63) is 38.1 Å². The Labute approximate surface area is 149 Å². The van der Waals surface area contributed by atoms with Crippen LogP contribution >= 0.6 is 34.4 Å². The van der Waals surface area contributed by atoms with Crippen LogP contribution in [0.4, 0.5) is 10.1 Å². The van der Waals surface area contributed by atoms with Gasteiger partial charge in [-0.15, -0.1) is 11.8 Å².